The van der Waals surface area contributed by atoms with Crippen LogP contribution in [0.1, 0.15) is 29.5 Å². The van der Waals surface area contributed by atoms with Crippen LogP contribution in [0.25, 0.3) is 0 Å². The molecule has 3 aromatic carbocycles. The number of rotatable bonds is 6. The van der Waals surface area contributed by atoms with Crippen LogP contribution in [0.2, 0.25) is 0 Å². The Kier molecular flexibility index (Phi) is 6.09. The predicted molar refractivity (Wildman–Crippen MR) is 123 cm³/mol. The van der Waals surface area contributed by atoms with E-state index in [2.05, 4.69) is 5.10 Å². The van der Waals surface area contributed by atoms with Gasteiger partial charge in [0.05, 0.1) is 23.8 Å². The second kappa shape index (κ2) is 8.94. The summed E-state index contributed by atoms with van der Waals surface area (Å²) in [5.74, 6) is 0.756. The zero-order chi connectivity index (χ0) is 21.8. The normalized spacial score (nSPS) is 16.6. The Morgan fingerprint density at radius 3 is 2.29 bits per heavy atom. The van der Waals surface area contributed by atoms with E-state index in [9.17, 15) is 8.42 Å². The molecular weight excluding hydrogens is 408 g/mol. The summed E-state index contributed by atoms with van der Waals surface area (Å²) in [5, 5.41) is 4.68. The van der Waals surface area contributed by atoms with Gasteiger partial charge < -0.3 is 4.74 Å². The van der Waals surface area contributed by atoms with Gasteiger partial charge in [-0.2, -0.15) is 17.9 Å². The molecule has 160 valence electrons. The van der Waals surface area contributed by atoms with E-state index in [4.69, 9.17) is 4.74 Å². The molecule has 6 heteroatoms. The van der Waals surface area contributed by atoms with Crippen molar-refractivity contribution in [2.24, 2.45) is 5.10 Å². The molecule has 0 saturated heterocycles. The minimum atomic E-state index is -3.78. The fourth-order valence-electron chi connectivity index (χ4n) is 3.78. The Morgan fingerprint density at radius 2 is 1.65 bits per heavy atom. The molecule has 5 nitrogen and oxygen atoms in total. The molecule has 4 rings (SSSR count). The van der Waals surface area contributed by atoms with E-state index in [0.29, 0.717) is 19.3 Å². The van der Waals surface area contributed by atoms with E-state index in [0.717, 1.165) is 28.2 Å². The van der Waals surface area contributed by atoms with Gasteiger partial charge in [-0.15, -0.1) is 0 Å². The van der Waals surface area contributed by atoms with Crippen molar-refractivity contribution >= 4 is 15.7 Å². The van der Waals surface area contributed by atoms with Gasteiger partial charge in [-0.1, -0.05) is 48.0 Å². The van der Waals surface area contributed by atoms with Gasteiger partial charge in [0, 0.05) is 0 Å². The van der Waals surface area contributed by atoms with E-state index in [1.54, 1.807) is 19.2 Å². The van der Waals surface area contributed by atoms with Crippen LogP contribution in [0.5, 0.6) is 5.75 Å². The van der Waals surface area contributed by atoms with Gasteiger partial charge in [0.1, 0.15) is 5.75 Å². The summed E-state index contributed by atoms with van der Waals surface area (Å²) in [4.78, 5) is 0.260. The van der Waals surface area contributed by atoms with E-state index in [-0.39, 0.29) is 10.9 Å². The molecule has 31 heavy (non-hydrogen) atoms. The van der Waals surface area contributed by atoms with Crippen molar-refractivity contribution in [2.45, 2.75) is 37.1 Å². The molecule has 0 amide bonds. The van der Waals surface area contributed by atoms with Crippen molar-refractivity contribution in [1.29, 1.82) is 0 Å². The molecule has 0 fully saturated rings. The van der Waals surface area contributed by atoms with Gasteiger partial charge in [0.25, 0.3) is 10.0 Å². The number of benzene rings is 3. The molecule has 1 aliphatic rings. The SMILES string of the molecule is COc1ccc(C2=NN(S(=O)(=O)c3ccc(C)cc3)[C@H](Cc3ccccc3)CC2)cc1. The fraction of sp³-hybridized carbons (Fsp3) is 0.240. The molecule has 0 radical (unpaired) electrons. The maximum absolute atomic E-state index is 13.6. The molecule has 0 aliphatic carbocycles. The van der Waals surface area contributed by atoms with Crippen LogP contribution in [0.3, 0.4) is 0 Å². The molecular formula is C25H26N2O3S. The number of sulfonamides is 1. The van der Waals surface area contributed by atoms with Crippen LogP contribution in [-0.4, -0.2) is 31.7 Å². The number of methoxy groups -OCH3 is 1. The third-order valence-corrected chi connectivity index (χ3v) is 7.29. The summed E-state index contributed by atoms with van der Waals surface area (Å²) in [6.07, 6.45) is 2.03. The number of hydrazone groups is 1. The number of aryl methyl sites for hydroxylation is 1. The van der Waals surface area contributed by atoms with E-state index in [1.807, 2.05) is 73.7 Å². The monoisotopic (exact) mass is 434 g/mol. The maximum Gasteiger partial charge on any atom is 0.279 e. The third kappa shape index (κ3) is 4.64. The third-order valence-electron chi connectivity index (χ3n) is 5.55. The highest BCUT2D eigenvalue weighted by molar-refractivity contribution is 7.89. The lowest BCUT2D eigenvalue weighted by molar-refractivity contribution is 0.301. The summed E-state index contributed by atoms with van der Waals surface area (Å²) in [7, 11) is -2.16. The Hall–Kier alpha value is -3.12. The standard InChI is InChI=1S/C25H26N2O3S/c1-19-8-15-24(16-9-19)31(28,29)27-22(18-20-6-4-3-5-7-20)12-17-25(26-27)21-10-13-23(30-2)14-11-21/h3-11,13-16,22H,12,17-18H2,1-2H3/t22-/m0/s1. The first-order valence-electron chi connectivity index (χ1n) is 10.3. The Labute approximate surface area is 184 Å². The zero-order valence-corrected chi connectivity index (χ0v) is 18.5. The predicted octanol–water partition coefficient (Wildman–Crippen LogP) is 4.80. The molecule has 0 aromatic heterocycles. The first-order chi connectivity index (χ1) is 15.0. The highest BCUT2D eigenvalue weighted by Crippen LogP contribution is 2.29. The molecule has 0 N–H and O–H groups in total. The number of nitrogens with zero attached hydrogens (tertiary/aromatic N) is 2. The number of ether oxygens (including phenoxy) is 1. The van der Waals surface area contributed by atoms with Crippen LogP contribution in [0.15, 0.2) is 88.9 Å². The van der Waals surface area contributed by atoms with Gasteiger partial charge in [0.2, 0.25) is 0 Å². The zero-order valence-electron chi connectivity index (χ0n) is 17.7. The van der Waals surface area contributed by atoms with Crippen molar-refractivity contribution in [3.05, 3.63) is 95.6 Å². The molecule has 0 spiro atoms. The van der Waals surface area contributed by atoms with Crippen molar-refractivity contribution in [3.63, 3.8) is 0 Å². The lowest BCUT2D eigenvalue weighted by Gasteiger charge is -2.33. The van der Waals surface area contributed by atoms with Crippen LogP contribution >= 0.6 is 0 Å². The average Bonchev–Trinajstić information content (AvgIpc) is 2.80. The summed E-state index contributed by atoms with van der Waals surface area (Å²) in [6.45, 7) is 1.94. The van der Waals surface area contributed by atoms with Gasteiger partial charge in [-0.05, 0) is 73.7 Å². The molecule has 1 atom stereocenters. The smallest absolute Gasteiger partial charge is 0.279 e. The highest BCUT2D eigenvalue weighted by Gasteiger charge is 2.34. The van der Waals surface area contributed by atoms with Gasteiger partial charge >= 0.3 is 0 Å². The van der Waals surface area contributed by atoms with Gasteiger partial charge in [-0.25, -0.2) is 0 Å². The Morgan fingerprint density at radius 1 is 0.968 bits per heavy atom. The van der Waals surface area contributed by atoms with E-state index in [1.165, 1.54) is 4.41 Å². The Balaban J connectivity index is 1.73. The van der Waals surface area contributed by atoms with E-state index < -0.39 is 10.0 Å². The topological polar surface area (TPSA) is 59.0 Å². The summed E-state index contributed by atoms with van der Waals surface area (Å²) >= 11 is 0. The van der Waals surface area contributed by atoms with Crippen LogP contribution in [-0.2, 0) is 16.4 Å². The second-order valence-corrected chi connectivity index (χ2v) is 9.54. The van der Waals surface area contributed by atoms with Crippen LogP contribution in [0, 0.1) is 6.92 Å². The van der Waals surface area contributed by atoms with Crippen LogP contribution in [0.4, 0.5) is 0 Å². The van der Waals surface area contributed by atoms with Crippen molar-refractivity contribution < 1.29 is 13.2 Å². The lowest BCUT2D eigenvalue weighted by atomic mass is 9.97. The Bertz CT molecular complexity index is 1160. The van der Waals surface area contributed by atoms with E-state index >= 15 is 0 Å². The van der Waals surface area contributed by atoms with Crippen molar-refractivity contribution in [1.82, 2.24) is 4.41 Å². The first-order valence-corrected chi connectivity index (χ1v) is 11.8. The second-order valence-electron chi connectivity index (χ2n) is 7.75. The number of hydrogen-bond donors (Lipinski definition) is 0. The number of hydrogen-bond acceptors (Lipinski definition) is 4. The quantitative estimate of drug-likeness (QED) is 0.560. The average molecular weight is 435 g/mol. The van der Waals surface area contributed by atoms with Gasteiger partial charge in [-0.3, -0.25) is 0 Å². The molecule has 3 aromatic rings. The molecule has 1 heterocycles. The molecule has 0 saturated carbocycles. The highest BCUT2D eigenvalue weighted by atomic mass is 32.2. The molecule has 1 aliphatic heterocycles. The largest absolute Gasteiger partial charge is 0.497 e. The maximum atomic E-state index is 13.6. The van der Waals surface area contributed by atoms with Crippen LogP contribution < -0.4 is 4.74 Å². The molecule has 0 unspecified atom stereocenters. The minimum Gasteiger partial charge on any atom is -0.497 e. The first kappa shape index (κ1) is 21.1. The van der Waals surface area contributed by atoms with Crippen molar-refractivity contribution in [2.75, 3.05) is 7.11 Å². The van der Waals surface area contributed by atoms with Gasteiger partial charge in [0.15, 0.2) is 0 Å². The molecule has 0 bridgehead atoms. The summed E-state index contributed by atoms with van der Waals surface area (Å²) in [5.41, 5.74) is 3.78. The minimum absolute atomic E-state index is 0.240. The van der Waals surface area contributed by atoms with Crippen molar-refractivity contribution in [3.8, 4) is 5.75 Å². The summed E-state index contributed by atoms with van der Waals surface area (Å²) in [6, 6.07) is 24.3. The fourth-order valence-corrected chi connectivity index (χ4v) is 5.26. The lowest BCUT2D eigenvalue weighted by Crippen LogP contribution is -2.41. The summed E-state index contributed by atoms with van der Waals surface area (Å²) < 4.78 is 33.7.